The molecule has 10 heteroatoms. The van der Waals surface area contributed by atoms with E-state index in [1.807, 2.05) is 0 Å². The van der Waals surface area contributed by atoms with Crippen molar-refractivity contribution in [2.75, 3.05) is 13.7 Å². The van der Waals surface area contributed by atoms with Crippen LogP contribution in [0, 0.1) is 10.1 Å². The normalized spacial score (nSPS) is 18.6. The molecule has 0 N–H and O–H groups in total. The van der Waals surface area contributed by atoms with E-state index in [-0.39, 0.29) is 28.8 Å². The molecule has 1 saturated heterocycles. The van der Waals surface area contributed by atoms with Crippen molar-refractivity contribution in [3.8, 4) is 0 Å². The fourth-order valence-corrected chi connectivity index (χ4v) is 4.27. The van der Waals surface area contributed by atoms with Crippen LogP contribution < -0.4 is 0 Å². The first-order valence-corrected chi connectivity index (χ1v) is 10.1. The van der Waals surface area contributed by atoms with Gasteiger partial charge in [0, 0.05) is 37.2 Å². The number of methoxy groups -OCH3 is 1. The summed E-state index contributed by atoms with van der Waals surface area (Å²) in [5.41, 5.74) is -0.261. The van der Waals surface area contributed by atoms with E-state index in [9.17, 15) is 19.7 Å². The Hall–Kier alpha value is -3.30. The molecule has 2 aliphatic rings. The fourth-order valence-electron chi connectivity index (χ4n) is 4.27. The van der Waals surface area contributed by atoms with Gasteiger partial charge in [-0.2, -0.15) is 0 Å². The first kappa shape index (κ1) is 20.0. The molecular weight excluding hydrogens is 390 g/mol. The van der Waals surface area contributed by atoms with Gasteiger partial charge in [0.25, 0.3) is 11.6 Å². The highest BCUT2D eigenvalue weighted by Crippen LogP contribution is 2.34. The van der Waals surface area contributed by atoms with Crippen LogP contribution in [0.2, 0.25) is 0 Å². The minimum Gasteiger partial charge on any atom is -0.465 e. The van der Waals surface area contributed by atoms with Crippen molar-refractivity contribution >= 4 is 17.6 Å². The Bertz CT molecular complexity index is 1000. The van der Waals surface area contributed by atoms with Gasteiger partial charge in [0.15, 0.2) is 5.82 Å². The van der Waals surface area contributed by atoms with E-state index in [0.29, 0.717) is 6.54 Å². The maximum atomic E-state index is 13.3. The average Bonchev–Trinajstić information content (AvgIpc) is 3.32. The number of benzene rings is 1. The van der Waals surface area contributed by atoms with Crippen LogP contribution in [0.15, 0.2) is 18.2 Å². The van der Waals surface area contributed by atoms with Crippen LogP contribution in [-0.4, -0.2) is 50.1 Å². The lowest BCUT2D eigenvalue weighted by Crippen LogP contribution is -2.32. The molecule has 1 fully saturated rings. The highest BCUT2D eigenvalue weighted by atomic mass is 16.6. The third-order valence-corrected chi connectivity index (χ3v) is 5.75. The van der Waals surface area contributed by atoms with Gasteiger partial charge < -0.3 is 14.2 Å². The number of nitro benzene ring substituents is 1. The van der Waals surface area contributed by atoms with Gasteiger partial charge >= 0.3 is 5.97 Å². The predicted molar refractivity (Wildman–Crippen MR) is 105 cm³/mol. The van der Waals surface area contributed by atoms with Crippen LogP contribution in [0.3, 0.4) is 0 Å². The molecule has 1 unspecified atom stereocenters. The standard InChI is InChI=1S/C20H23N5O5/c1-30-20(27)14-10-13(11-15(12-14)25(28)29)19(26)23-9-5-6-16(23)18-22-21-17-7-3-2-4-8-24(17)18/h10-12,16H,2-9H2,1H3. The number of aromatic nitrogens is 3. The Balaban J connectivity index is 1.68. The maximum Gasteiger partial charge on any atom is 0.338 e. The molecule has 0 radical (unpaired) electrons. The zero-order valence-electron chi connectivity index (χ0n) is 16.7. The maximum absolute atomic E-state index is 13.3. The molecule has 3 heterocycles. The monoisotopic (exact) mass is 413 g/mol. The molecule has 10 nitrogen and oxygen atoms in total. The number of aryl methyl sites for hydroxylation is 1. The summed E-state index contributed by atoms with van der Waals surface area (Å²) in [5, 5.41) is 20.0. The molecule has 4 rings (SSSR count). The number of amides is 1. The zero-order valence-corrected chi connectivity index (χ0v) is 16.7. The Kier molecular flexibility index (Phi) is 5.47. The van der Waals surface area contributed by atoms with E-state index in [0.717, 1.165) is 62.8 Å². The third kappa shape index (κ3) is 3.64. The van der Waals surface area contributed by atoms with Crippen LogP contribution in [0.25, 0.3) is 0 Å². The number of rotatable bonds is 4. The highest BCUT2D eigenvalue weighted by Gasteiger charge is 2.35. The number of nitro groups is 1. The Morgan fingerprint density at radius 1 is 1.10 bits per heavy atom. The van der Waals surface area contributed by atoms with Crippen molar-refractivity contribution in [1.82, 2.24) is 19.7 Å². The second-order valence-corrected chi connectivity index (χ2v) is 7.61. The number of fused-ring (bicyclic) bond motifs is 1. The van der Waals surface area contributed by atoms with Crippen LogP contribution in [-0.2, 0) is 17.7 Å². The molecule has 0 saturated carbocycles. The van der Waals surface area contributed by atoms with Crippen LogP contribution in [0.5, 0.6) is 0 Å². The van der Waals surface area contributed by atoms with Crippen molar-refractivity contribution < 1.29 is 19.2 Å². The number of likely N-dealkylation sites (tertiary alicyclic amines) is 1. The van der Waals surface area contributed by atoms with E-state index < -0.39 is 10.9 Å². The fraction of sp³-hybridized carbons (Fsp3) is 0.500. The van der Waals surface area contributed by atoms with Crippen molar-refractivity contribution in [1.29, 1.82) is 0 Å². The Morgan fingerprint density at radius 2 is 1.90 bits per heavy atom. The third-order valence-electron chi connectivity index (χ3n) is 5.75. The summed E-state index contributed by atoms with van der Waals surface area (Å²) in [4.78, 5) is 37.6. The minimum absolute atomic E-state index is 0.0258. The van der Waals surface area contributed by atoms with E-state index >= 15 is 0 Å². The first-order valence-electron chi connectivity index (χ1n) is 10.1. The molecule has 0 aliphatic carbocycles. The van der Waals surface area contributed by atoms with Crippen LogP contribution >= 0.6 is 0 Å². The lowest BCUT2D eigenvalue weighted by Gasteiger charge is -2.25. The lowest BCUT2D eigenvalue weighted by molar-refractivity contribution is -0.384. The van der Waals surface area contributed by atoms with Crippen molar-refractivity contribution in [2.24, 2.45) is 0 Å². The number of carbonyl (C=O) groups excluding carboxylic acids is 2. The number of non-ortho nitro benzene ring substituents is 1. The number of carbonyl (C=O) groups is 2. The second kappa shape index (κ2) is 8.21. The zero-order chi connectivity index (χ0) is 21.3. The average molecular weight is 413 g/mol. The molecular formula is C20H23N5O5. The van der Waals surface area contributed by atoms with Gasteiger partial charge in [0.05, 0.1) is 23.6 Å². The first-order chi connectivity index (χ1) is 14.5. The summed E-state index contributed by atoms with van der Waals surface area (Å²) in [7, 11) is 1.19. The smallest absolute Gasteiger partial charge is 0.338 e. The van der Waals surface area contributed by atoms with Crippen molar-refractivity contribution in [3.05, 3.63) is 51.1 Å². The topological polar surface area (TPSA) is 120 Å². The van der Waals surface area contributed by atoms with Crippen molar-refractivity contribution in [3.63, 3.8) is 0 Å². The molecule has 2 aromatic rings. The molecule has 30 heavy (non-hydrogen) atoms. The molecule has 2 aliphatic heterocycles. The molecule has 158 valence electrons. The lowest BCUT2D eigenvalue weighted by atomic mass is 10.1. The number of esters is 1. The molecule has 1 atom stereocenters. The Morgan fingerprint density at radius 3 is 2.67 bits per heavy atom. The molecule has 0 bridgehead atoms. The summed E-state index contributed by atoms with van der Waals surface area (Å²) >= 11 is 0. The van der Waals surface area contributed by atoms with Gasteiger partial charge in [-0.3, -0.25) is 14.9 Å². The van der Waals surface area contributed by atoms with Crippen molar-refractivity contribution in [2.45, 2.75) is 51.1 Å². The highest BCUT2D eigenvalue weighted by molar-refractivity contribution is 5.99. The summed E-state index contributed by atoms with van der Waals surface area (Å²) in [5.74, 6) is 0.632. The molecule has 1 amide bonds. The number of nitrogens with zero attached hydrogens (tertiary/aromatic N) is 5. The molecule has 0 spiro atoms. The number of ether oxygens (including phenoxy) is 1. The molecule has 1 aromatic carbocycles. The van der Waals surface area contributed by atoms with E-state index in [4.69, 9.17) is 0 Å². The summed E-state index contributed by atoms with van der Waals surface area (Å²) in [6.07, 6.45) is 5.70. The molecule has 1 aromatic heterocycles. The van der Waals surface area contributed by atoms with Gasteiger partial charge in [-0.15, -0.1) is 10.2 Å². The van der Waals surface area contributed by atoms with Crippen LogP contribution in [0.4, 0.5) is 5.69 Å². The van der Waals surface area contributed by atoms with Gasteiger partial charge in [-0.1, -0.05) is 6.42 Å². The van der Waals surface area contributed by atoms with E-state index in [1.54, 1.807) is 4.90 Å². The summed E-state index contributed by atoms with van der Waals surface area (Å²) in [6, 6.07) is 3.43. The van der Waals surface area contributed by atoms with Gasteiger partial charge in [0.2, 0.25) is 0 Å². The van der Waals surface area contributed by atoms with E-state index in [1.165, 1.54) is 19.2 Å². The minimum atomic E-state index is -0.728. The van der Waals surface area contributed by atoms with Gasteiger partial charge in [0.1, 0.15) is 5.82 Å². The quantitative estimate of drug-likeness (QED) is 0.429. The number of hydrogen-bond acceptors (Lipinski definition) is 7. The second-order valence-electron chi connectivity index (χ2n) is 7.61. The largest absolute Gasteiger partial charge is 0.465 e. The summed E-state index contributed by atoms with van der Waals surface area (Å²) in [6.45, 7) is 1.35. The van der Waals surface area contributed by atoms with Crippen LogP contribution in [0.1, 0.15) is 70.5 Å². The van der Waals surface area contributed by atoms with Gasteiger partial charge in [-0.25, -0.2) is 4.79 Å². The van der Waals surface area contributed by atoms with E-state index in [2.05, 4.69) is 19.5 Å². The Labute approximate surface area is 173 Å². The predicted octanol–water partition coefficient (Wildman–Crippen LogP) is 2.68. The number of hydrogen-bond donors (Lipinski definition) is 0. The summed E-state index contributed by atoms with van der Waals surface area (Å²) < 4.78 is 6.80. The van der Waals surface area contributed by atoms with Gasteiger partial charge in [-0.05, 0) is 31.7 Å². The SMILES string of the molecule is COC(=O)c1cc(C(=O)N2CCCC2c2nnc3n2CCCCC3)cc([N+](=O)[O-])c1.